The van der Waals surface area contributed by atoms with Crippen LogP contribution in [0.5, 0.6) is 0 Å². The van der Waals surface area contributed by atoms with Gasteiger partial charge in [0.05, 0.1) is 6.54 Å². The number of carbonyl (C=O) groups excluding carboxylic acids is 2. The van der Waals surface area contributed by atoms with Crippen LogP contribution in [0.1, 0.15) is 46.1 Å². The SMILES string of the molecule is CC.CCCN=C(N)N.C[C@@H](Cc1ccccc1)NC(=O)CNC(=O)CC(=O)O. The van der Waals surface area contributed by atoms with Gasteiger partial charge in [-0.3, -0.25) is 19.4 Å². The summed E-state index contributed by atoms with van der Waals surface area (Å²) < 4.78 is 0. The number of rotatable bonds is 9. The largest absolute Gasteiger partial charge is 0.481 e. The molecule has 0 unspecified atom stereocenters. The molecule has 1 rings (SSSR count). The monoisotopic (exact) mass is 409 g/mol. The first-order valence-electron chi connectivity index (χ1n) is 9.61. The molecule has 0 saturated carbocycles. The highest BCUT2D eigenvalue weighted by Gasteiger charge is 2.11. The van der Waals surface area contributed by atoms with E-state index in [0.717, 1.165) is 18.5 Å². The van der Waals surface area contributed by atoms with E-state index in [2.05, 4.69) is 15.6 Å². The highest BCUT2D eigenvalue weighted by molar-refractivity contribution is 5.95. The molecule has 0 radical (unpaired) electrons. The summed E-state index contributed by atoms with van der Waals surface area (Å²) in [6.07, 6.45) is 1.06. The van der Waals surface area contributed by atoms with Crippen molar-refractivity contribution in [3.63, 3.8) is 0 Å². The van der Waals surface area contributed by atoms with Crippen molar-refractivity contribution >= 4 is 23.7 Å². The molecule has 1 aromatic carbocycles. The molecule has 0 aliphatic rings. The van der Waals surface area contributed by atoms with Crippen molar-refractivity contribution in [2.45, 2.75) is 53.0 Å². The minimum Gasteiger partial charge on any atom is -0.481 e. The lowest BCUT2D eigenvalue weighted by Gasteiger charge is -2.14. The van der Waals surface area contributed by atoms with E-state index in [0.29, 0.717) is 6.42 Å². The normalized spacial score (nSPS) is 10.1. The molecule has 0 aliphatic carbocycles. The number of carboxylic acid groups (broad SMARTS) is 1. The van der Waals surface area contributed by atoms with Gasteiger partial charge in [-0.1, -0.05) is 51.1 Å². The van der Waals surface area contributed by atoms with Gasteiger partial charge in [0.25, 0.3) is 0 Å². The Morgan fingerprint density at radius 1 is 1.10 bits per heavy atom. The number of nitrogens with zero attached hydrogens (tertiary/aromatic N) is 1. The van der Waals surface area contributed by atoms with Crippen LogP contribution in [0.4, 0.5) is 0 Å². The van der Waals surface area contributed by atoms with Crippen LogP contribution in [-0.4, -0.2) is 48.0 Å². The molecule has 0 bridgehead atoms. The summed E-state index contributed by atoms with van der Waals surface area (Å²) >= 11 is 0. The fourth-order valence-corrected chi connectivity index (χ4v) is 1.96. The van der Waals surface area contributed by atoms with Gasteiger partial charge in [0.1, 0.15) is 6.42 Å². The van der Waals surface area contributed by atoms with Gasteiger partial charge in [0.2, 0.25) is 11.8 Å². The second-order valence-electron chi connectivity index (χ2n) is 5.81. The summed E-state index contributed by atoms with van der Waals surface area (Å²) in [7, 11) is 0. The van der Waals surface area contributed by atoms with Crippen molar-refractivity contribution in [1.29, 1.82) is 0 Å². The number of carbonyl (C=O) groups is 3. The van der Waals surface area contributed by atoms with Crippen molar-refractivity contribution < 1.29 is 19.5 Å². The lowest BCUT2D eigenvalue weighted by molar-refractivity contribution is -0.141. The minimum atomic E-state index is -1.22. The van der Waals surface area contributed by atoms with E-state index in [9.17, 15) is 14.4 Å². The number of hydrogen-bond donors (Lipinski definition) is 5. The number of aliphatic imine (C=N–C) groups is 1. The van der Waals surface area contributed by atoms with E-state index in [1.165, 1.54) is 0 Å². The Bertz CT molecular complexity index is 617. The minimum absolute atomic E-state index is 0.0683. The van der Waals surface area contributed by atoms with Gasteiger partial charge < -0.3 is 27.2 Å². The molecule has 7 N–H and O–H groups in total. The Balaban J connectivity index is 0. The lowest BCUT2D eigenvalue weighted by atomic mass is 10.1. The number of aliphatic carboxylic acids is 1. The standard InChI is InChI=1S/C14H18N2O4.C4H11N3.C2H6/c1-10(7-11-5-3-2-4-6-11)16-13(18)9-15-12(17)8-14(19)20;1-2-3-7-4(5)6;1-2/h2-6,10H,7-9H2,1H3,(H,15,17)(H,16,18)(H,19,20);2-3H2,1H3,(H4,5,6,7);1-2H3/t10-;;/m0../s1. The number of hydrogen-bond acceptors (Lipinski definition) is 4. The predicted octanol–water partition coefficient (Wildman–Crippen LogP) is 1.02. The van der Waals surface area contributed by atoms with Crippen molar-refractivity contribution in [1.82, 2.24) is 10.6 Å². The Labute approximate surface area is 173 Å². The fourth-order valence-electron chi connectivity index (χ4n) is 1.96. The van der Waals surface area contributed by atoms with Gasteiger partial charge in [-0.05, 0) is 25.3 Å². The zero-order chi connectivity index (χ0) is 22.7. The van der Waals surface area contributed by atoms with E-state index in [1.54, 1.807) is 0 Å². The predicted molar refractivity (Wildman–Crippen MR) is 115 cm³/mol. The van der Waals surface area contributed by atoms with Gasteiger partial charge in [0, 0.05) is 12.6 Å². The Morgan fingerprint density at radius 3 is 2.14 bits per heavy atom. The first kappa shape index (κ1) is 28.1. The van der Waals surface area contributed by atoms with Crippen LogP contribution >= 0.6 is 0 Å². The summed E-state index contributed by atoms with van der Waals surface area (Å²) in [5.74, 6) is -2.06. The van der Waals surface area contributed by atoms with Crippen molar-refractivity contribution in [3.05, 3.63) is 35.9 Å². The summed E-state index contributed by atoms with van der Waals surface area (Å²) in [4.78, 5) is 36.6. The van der Waals surface area contributed by atoms with E-state index in [4.69, 9.17) is 16.6 Å². The maximum atomic E-state index is 11.6. The van der Waals surface area contributed by atoms with Gasteiger partial charge in [0.15, 0.2) is 5.96 Å². The molecule has 0 aliphatic heterocycles. The van der Waals surface area contributed by atoms with Gasteiger partial charge in [-0.15, -0.1) is 0 Å². The molecule has 0 heterocycles. The topological polar surface area (TPSA) is 160 Å². The third kappa shape index (κ3) is 19.5. The Morgan fingerprint density at radius 2 is 1.69 bits per heavy atom. The van der Waals surface area contributed by atoms with E-state index in [1.807, 2.05) is 58.0 Å². The molecular weight excluding hydrogens is 374 g/mol. The number of guanidine groups is 1. The molecule has 1 aromatic rings. The molecule has 9 heteroatoms. The third-order valence-electron chi connectivity index (χ3n) is 3.07. The second kappa shape index (κ2) is 18.3. The van der Waals surface area contributed by atoms with E-state index < -0.39 is 18.3 Å². The van der Waals surface area contributed by atoms with Gasteiger partial charge in [-0.2, -0.15) is 0 Å². The van der Waals surface area contributed by atoms with Gasteiger partial charge >= 0.3 is 5.97 Å². The summed E-state index contributed by atoms with van der Waals surface area (Å²) in [5, 5.41) is 13.4. The first-order chi connectivity index (χ1) is 13.7. The fraction of sp³-hybridized carbons (Fsp3) is 0.500. The molecule has 0 fully saturated rings. The summed E-state index contributed by atoms with van der Waals surface area (Å²) in [6, 6.07) is 9.65. The number of nitrogens with two attached hydrogens (primary N) is 2. The molecular formula is C20H35N5O4. The lowest BCUT2D eigenvalue weighted by Crippen LogP contribution is -2.41. The molecule has 0 aromatic heterocycles. The summed E-state index contributed by atoms with van der Waals surface area (Å²) in [5.41, 5.74) is 11.1. The maximum Gasteiger partial charge on any atom is 0.312 e. The Kier molecular flexibility index (Phi) is 17.7. The summed E-state index contributed by atoms with van der Waals surface area (Å²) in [6.45, 7) is 8.41. The van der Waals surface area contributed by atoms with Crippen LogP contribution in [-0.2, 0) is 20.8 Å². The zero-order valence-corrected chi connectivity index (χ0v) is 17.8. The smallest absolute Gasteiger partial charge is 0.312 e. The van der Waals surface area contributed by atoms with Crippen molar-refractivity contribution in [2.75, 3.05) is 13.1 Å². The van der Waals surface area contributed by atoms with E-state index in [-0.39, 0.29) is 24.5 Å². The quantitative estimate of drug-likeness (QED) is 0.232. The molecule has 2 amide bonds. The zero-order valence-electron chi connectivity index (χ0n) is 17.8. The third-order valence-corrected chi connectivity index (χ3v) is 3.07. The number of carboxylic acids is 1. The molecule has 0 saturated heterocycles. The average molecular weight is 410 g/mol. The number of amides is 2. The number of nitrogens with one attached hydrogen (secondary N) is 2. The molecule has 164 valence electrons. The van der Waals surface area contributed by atoms with Crippen LogP contribution in [0.3, 0.4) is 0 Å². The van der Waals surface area contributed by atoms with E-state index >= 15 is 0 Å². The van der Waals surface area contributed by atoms with Crippen LogP contribution in [0.25, 0.3) is 0 Å². The van der Waals surface area contributed by atoms with Crippen LogP contribution in [0, 0.1) is 0 Å². The Hall–Kier alpha value is -3.10. The first-order valence-corrected chi connectivity index (χ1v) is 9.61. The molecule has 9 nitrogen and oxygen atoms in total. The van der Waals surface area contributed by atoms with Crippen LogP contribution in [0.2, 0.25) is 0 Å². The van der Waals surface area contributed by atoms with Crippen molar-refractivity contribution in [3.8, 4) is 0 Å². The highest BCUT2D eigenvalue weighted by atomic mass is 16.4. The van der Waals surface area contributed by atoms with Crippen LogP contribution in [0.15, 0.2) is 35.3 Å². The maximum absolute atomic E-state index is 11.6. The van der Waals surface area contributed by atoms with Gasteiger partial charge in [-0.25, -0.2) is 0 Å². The molecule has 0 spiro atoms. The van der Waals surface area contributed by atoms with Crippen molar-refractivity contribution in [2.24, 2.45) is 16.5 Å². The number of benzene rings is 1. The van der Waals surface area contributed by atoms with Crippen LogP contribution < -0.4 is 22.1 Å². The highest BCUT2D eigenvalue weighted by Crippen LogP contribution is 2.02. The second-order valence-corrected chi connectivity index (χ2v) is 5.81. The molecule has 1 atom stereocenters. The average Bonchev–Trinajstić information content (AvgIpc) is 2.67. The molecule has 29 heavy (non-hydrogen) atoms.